The smallest absolute Gasteiger partial charge is 0.217 e. The summed E-state index contributed by atoms with van der Waals surface area (Å²) in [6.45, 7) is 5.99. The van der Waals surface area contributed by atoms with E-state index in [9.17, 15) is 9.18 Å². The van der Waals surface area contributed by atoms with Crippen LogP contribution in [0.1, 0.15) is 32.6 Å². The Morgan fingerprint density at radius 1 is 1.44 bits per heavy atom. The van der Waals surface area contributed by atoms with Crippen LogP contribution in [0.2, 0.25) is 0 Å². The van der Waals surface area contributed by atoms with E-state index in [0.717, 1.165) is 51.4 Å². The molecule has 1 amide bonds. The molecule has 0 radical (unpaired) electrons. The lowest BCUT2D eigenvalue weighted by Crippen LogP contribution is -2.47. The fraction of sp³-hybridized carbons (Fsp3) is 0.600. The van der Waals surface area contributed by atoms with Gasteiger partial charge in [0.05, 0.1) is 5.69 Å². The first-order valence-electron chi connectivity index (χ1n) is 9.78. The van der Waals surface area contributed by atoms with Crippen molar-refractivity contribution in [1.82, 2.24) is 10.2 Å². The number of nitrogens with zero attached hydrogens (tertiary/aromatic N) is 3. The number of rotatable bonds is 8. The van der Waals surface area contributed by atoms with Crippen molar-refractivity contribution in [1.29, 1.82) is 0 Å². The summed E-state index contributed by atoms with van der Waals surface area (Å²) >= 11 is 0. The van der Waals surface area contributed by atoms with E-state index in [2.05, 4.69) is 10.2 Å². The Morgan fingerprint density at radius 2 is 2.22 bits per heavy atom. The lowest BCUT2D eigenvalue weighted by Gasteiger charge is -2.34. The number of anilines is 1. The van der Waals surface area contributed by atoms with Crippen LogP contribution in [0.15, 0.2) is 29.3 Å². The van der Waals surface area contributed by atoms with Gasteiger partial charge in [-0.15, -0.1) is 0 Å². The second-order valence-corrected chi connectivity index (χ2v) is 7.09. The number of nitrogens with two attached hydrogens (primary N) is 1. The molecule has 7 heteroatoms. The Kier molecular flexibility index (Phi) is 8.36. The number of halogens is 1. The van der Waals surface area contributed by atoms with Gasteiger partial charge in [0.25, 0.3) is 0 Å². The fourth-order valence-corrected chi connectivity index (χ4v) is 3.51. The Bertz CT molecular complexity index is 637. The first kappa shape index (κ1) is 21.0. The molecule has 2 rings (SSSR count). The van der Waals surface area contributed by atoms with Crippen LogP contribution in [0.5, 0.6) is 0 Å². The molecule has 1 aromatic rings. The van der Waals surface area contributed by atoms with Gasteiger partial charge in [0.1, 0.15) is 5.82 Å². The molecular formula is C20H32FN5O. The Labute approximate surface area is 161 Å². The molecule has 0 aromatic heterocycles. The summed E-state index contributed by atoms with van der Waals surface area (Å²) in [5, 5.41) is 3.34. The highest BCUT2D eigenvalue weighted by atomic mass is 19.1. The van der Waals surface area contributed by atoms with Gasteiger partial charge in [0.2, 0.25) is 5.91 Å². The van der Waals surface area contributed by atoms with E-state index in [1.165, 1.54) is 6.07 Å². The zero-order chi connectivity index (χ0) is 19.6. The Morgan fingerprint density at radius 3 is 2.93 bits per heavy atom. The van der Waals surface area contributed by atoms with Gasteiger partial charge in [-0.05, 0) is 44.2 Å². The second-order valence-electron chi connectivity index (χ2n) is 7.09. The summed E-state index contributed by atoms with van der Waals surface area (Å²) in [6.07, 6.45) is 3.34. The van der Waals surface area contributed by atoms with Crippen molar-refractivity contribution in [3.8, 4) is 0 Å². The predicted octanol–water partition coefficient (Wildman–Crippen LogP) is 2.20. The topological polar surface area (TPSA) is 74.0 Å². The zero-order valence-electron chi connectivity index (χ0n) is 16.5. The summed E-state index contributed by atoms with van der Waals surface area (Å²) in [4.78, 5) is 20.1. The lowest BCUT2D eigenvalue weighted by molar-refractivity contribution is -0.119. The number of guanidine groups is 1. The van der Waals surface area contributed by atoms with Gasteiger partial charge in [-0.1, -0.05) is 12.1 Å². The molecule has 1 heterocycles. The highest BCUT2D eigenvalue weighted by Gasteiger charge is 2.23. The van der Waals surface area contributed by atoms with Gasteiger partial charge in [0.15, 0.2) is 5.96 Å². The number of piperidine rings is 1. The van der Waals surface area contributed by atoms with Gasteiger partial charge >= 0.3 is 0 Å². The lowest BCUT2D eigenvalue weighted by atomic mass is 9.95. The highest BCUT2D eigenvalue weighted by Crippen LogP contribution is 2.20. The van der Waals surface area contributed by atoms with Crippen LogP contribution in [-0.4, -0.2) is 56.5 Å². The molecule has 0 spiro atoms. The van der Waals surface area contributed by atoms with E-state index in [-0.39, 0.29) is 11.7 Å². The Balaban J connectivity index is 1.87. The fourth-order valence-electron chi connectivity index (χ4n) is 3.51. The molecule has 1 atom stereocenters. The van der Waals surface area contributed by atoms with Crippen LogP contribution < -0.4 is 16.0 Å². The number of hydrogen-bond donors (Lipinski definition) is 2. The molecule has 0 bridgehead atoms. The molecule has 1 fully saturated rings. The monoisotopic (exact) mass is 377 g/mol. The van der Waals surface area contributed by atoms with Crippen molar-refractivity contribution >= 4 is 17.6 Å². The number of nitrogens with one attached hydrogen (secondary N) is 1. The van der Waals surface area contributed by atoms with Crippen LogP contribution in [0, 0.1) is 11.7 Å². The SMILES string of the molecule is CCNC(=NCCCN(C)c1ccccc1F)N1CCCC(CC(N)=O)C1. The summed E-state index contributed by atoms with van der Waals surface area (Å²) < 4.78 is 13.8. The van der Waals surface area contributed by atoms with Gasteiger partial charge in [0, 0.05) is 46.2 Å². The van der Waals surface area contributed by atoms with E-state index in [1.807, 2.05) is 24.9 Å². The molecule has 1 unspecified atom stereocenters. The summed E-state index contributed by atoms with van der Waals surface area (Å²) in [5.74, 6) is 0.748. The number of hydrogen-bond acceptors (Lipinski definition) is 3. The summed E-state index contributed by atoms with van der Waals surface area (Å²) in [7, 11) is 1.90. The molecular weight excluding hydrogens is 345 g/mol. The minimum absolute atomic E-state index is 0.203. The maximum Gasteiger partial charge on any atom is 0.217 e. The van der Waals surface area contributed by atoms with Crippen LogP contribution in [-0.2, 0) is 4.79 Å². The third kappa shape index (κ3) is 6.73. The number of carbonyl (C=O) groups excluding carboxylic acids is 1. The van der Waals surface area contributed by atoms with Gasteiger partial charge < -0.3 is 20.9 Å². The molecule has 150 valence electrons. The molecule has 1 aromatic carbocycles. The molecule has 3 N–H and O–H groups in total. The van der Waals surface area contributed by atoms with Crippen molar-refractivity contribution in [2.75, 3.05) is 44.7 Å². The van der Waals surface area contributed by atoms with Crippen LogP contribution in [0.25, 0.3) is 0 Å². The van der Waals surface area contributed by atoms with E-state index in [0.29, 0.717) is 24.6 Å². The highest BCUT2D eigenvalue weighted by molar-refractivity contribution is 5.80. The zero-order valence-corrected chi connectivity index (χ0v) is 16.5. The predicted molar refractivity (Wildman–Crippen MR) is 108 cm³/mol. The van der Waals surface area contributed by atoms with Crippen molar-refractivity contribution in [3.63, 3.8) is 0 Å². The third-order valence-electron chi connectivity index (χ3n) is 4.82. The third-order valence-corrected chi connectivity index (χ3v) is 4.82. The first-order valence-corrected chi connectivity index (χ1v) is 9.78. The van der Waals surface area contributed by atoms with Crippen LogP contribution in [0.3, 0.4) is 0 Å². The van der Waals surface area contributed by atoms with Gasteiger partial charge in [-0.2, -0.15) is 0 Å². The van der Waals surface area contributed by atoms with Gasteiger partial charge in [-0.25, -0.2) is 4.39 Å². The Hall–Kier alpha value is -2.31. The largest absolute Gasteiger partial charge is 0.372 e. The minimum Gasteiger partial charge on any atom is -0.372 e. The number of likely N-dealkylation sites (tertiary alicyclic amines) is 1. The average molecular weight is 378 g/mol. The minimum atomic E-state index is -0.236. The molecule has 1 aliphatic rings. The molecule has 1 saturated heterocycles. The number of para-hydroxylation sites is 1. The van der Waals surface area contributed by atoms with E-state index < -0.39 is 0 Å². The standard InChI is InChI=1S/C20H32FN5O/c1-3-23-20(26-13-6-8-16(15-26)14-19(22)27)24-11-7-12-25(2)18-10-5-4-9-17(18)21/h4-5,9-10,16H,3,6-8,11-15H2,1-2H3,(H2,22,27)(H,23,24). The number of benzene rings is 1. The van der Waals surface area contributed by atoms with Crippen molar-refractivity contribution < 1.29 is 9.18 Å². The molecule has 1 aliphatic heterocycles. The molecule has 0 aliphatic carbocycles. The van der Waals surface area contributed by atoms with Crippen molar-refractivity contribution in [3.05, 3.63) is 30.1 Å². The maximum atomic E-state index is 13.8. The number of primary amides is 1. The van der Waals surface area contributed by atoms with Gasteiger partial charge in [-0.3, -0.25) is 9.79 Å². The normalized spacial score (nSPS) is 17.7. The number of amides is 1. The van der Waals surface area contributed by atoms with Crippen molar-refractivity contribution in [2.24, 2.45) is 16.6 Å². The molecule has 27 heavy (non-hydrogen) atoms. The summed E-state index contributed by atoms with van der Waals surface area (Å²) in [6, 6.07) is 6.81. The summed E-state index contributed by atoms with van der Waals surface area (Å²) in [5.41, 5.74) is 5.96. The molecule has 0 saturated carbocycles. The quantitative estimate of drug-likeness (QED) is 0.414. The first-order chi connectivity index (χ1) is 13.0. The van der Waals surface area contributed by atoms with Crippen LogP contribution >= 0.6 is 0 Å². The molecule has 6 nitrogen and oxygen atoms in total. The average Bonchev–Trinajstić information content (AvgIpc) is 2.64. The van der Waals surface area contributed by atoms with Crippen molar-refractivity contribution in [2.45, 2.75) is 32.6 Å². The van der Waals surface area contributed by atoms with E-state index >= 15 is 0 Å². The maximum absolute atomic E-state index is 13.8. The van der Waals surface area contributed by atoms with Crippen LogP contribution in [0.4, 0.5) is 10.1 Å². The number of carbonyl (C=O) groups is 1. The van der Waals surface area contributed by atoms with E-state index in [1.54, 1.807) is 12.1 Å². The number of aliphatic imine (C=N–C) groups is 1. The van der Waals surface area contributed by atoms with E-state index in [4.69, 9.17) is 10.7 Å². The second kappa shape index (κ2) is 10.7.